The molecule has 1 aliphatic carbocycles. The van der Waals surface area contributed by atoms with Crippen LogP contribution in [-0.2, 0) is 11.3 Å². The van der Waals surface area contributed by atoms with E-state index in [0.29, 0.717) is 13.1 Å². The number of carbonyl (C=O) groups is 1. The van der Waals surface area contributed by atoms with Gasteiger partial charge in [0.15, 0.2) is 11.5 Å². The number of carbonyl (C=O) groups excluding carboxylic acids is 1. The van der Waals surface area contributed by atoms with Gasteiger partial charge in [0.2, 0.25) is 0 Å². The molecule has 6 nitrogen and oxygen atoms in total. The van der Waals surface area contributed by atoms with Crippen molar-refractivity contribution in [3.63, 3.8) is 0 Å². The number of benzene rings is 2. The van der Waals surface area contributed by atoms with E-state index in [2.05, 4.69) is 48.6 Å². The van der Waals surface area contributed by atoms with Crippen LogP contribution < -0.4 is 14.8 Å². The van der Waals surface area contributed by atoms with E-state index in [9.17, 15) is 4.79 Å². The molecule has 6 heteroatoms. The molecule has 1 N–H and O–H groups in total. The maximum atomic E-state index is 12.4. The Morgan fingerprint density at radius 1 is 1.09 bits per heavy atom. The van der Waals surface area contributed by atoms with Gasteiger partial charge in [-0.05, 0) is 48.9 Å². The SMILES string of the molecule is COC(=O)N1CC(c2ccc(OC)c(OC3CCCC3)c2)C(C)(CNCc2ccccc2)C1. The zero-order chi connectivity index (χ0) is 23.3. The predicted octanol–water partition coefficient (Wildman–Crippen LogP) is 4.98. The van der Waals surface area contributed by atoms with Crippen LogP contribution in [-0.4, -0.2) is 51.0 Å². The molecule has 178 valence electrons. The van der Waals surface area contributed by atoms with Crippen LogP contribution >= 0.6 is 0 Å². The first kappa shape index (κ1) is 23.4. The maximum absolute atomic E-state index is 12.4. The first-order valence-corrected chi connectivity index (χ1v) is 11.9. The van der Waals surface area contributed by atoms with Crippen LogP contribution in [0, 0.1) is 5.41 Å². The molecule has 2 atom stereocenters. The lowest BCUT2D eigenvalue weighted by molar-refractivity contribution is 0.128. The van der Waals surface area contributed by atoms with E-state index < -0.39 is 0 Å². The lowest BCUT2D eigenvalue weighted by Gasteiger charge is -2.31. The summed E-state index contributed by atoms with van der Waals surface area (Å²) in [6, 6.07) is 16.6. The zero-order valence-corrected chi connectivity index (χ0v) is 20.0. The highest BCUT2D eigenvalue weighted by Crippen LogP contribution is 2.45. The Labute approximate surface area is 197 Å². The van der Waals surface area contributed by atoms with E-state index in [1.807, 2.05) is 17.0 Å². The van der Waals surface area contributed by atoms with Crippen molar-refractivity contribution in [2.24, 2.45) is 5.41 Å². The summed E-state index contributed by atoms with van der Waals surface area (Å²) in [5.74, 6) is 1.71. The highest BCUT2D eigenvalue weighted by Gasteiger charge is 2.45. The molecule has 1 amide bonds. The fourth-order valence-corrected chi connectivity index (χ4v) is 5.28. The van der Waals surface area contributed by atoms with Crippen molar-refractivity contribution in [2.45, 2.75) is 51.2 Å². The molecule has 2 fully saturated rings. The summed E-state index contributed by atoms with van der Waals surface area (Å²) in [4.78, 5) is 14.2. The van der Waals surface area contributed by atoms with Gasteiger partial charge in [0.05, 0.1) is 20.3 Å². The van der Waals surface area contributed by atoms with E-state index in [4.69, 9.17) is 14.2 Å². The first-order valence-electron chi connectivity index (χ1n) is 11.9. The minimum Gasteiger partial charge on any atom is -0.493 e. The normalized spacial score (nSPS) is 23.0. The van der Waals surface area contributed by atoms with Crippen molar-refractivity contribution in [2.75, 3.05) is 33.9 Å². The van der Waals surface area contributed by atoms with Crippen molar-refractivity contribution in [3.05, 3.63) is 59.7 Å². The van der Waals surface area contributed by atoms with Gasteiger partial charge in [-0.2, -0.15) is 0 Å². The van der Waals surface area contributed by atoms with E-state index in [0.717, 1.165) is 37.4 Å². The number of nitrogens with zero attached hydrogens (tertiary/aromatic N) is 1. The topological polar surface area (TPSA) is 60.0 Å². The molecule has 0 spiro atoms. The summed E-state index contributed by atoms with van der Waals surface area (Å²) in [6.07, 6.45) is 4.59. The van der Waals surface area contributed by atoms with Gasteiger partial charge in [-0.1, -0.05) is 43.3 Å². The van der Waals surface area contributed by atoms with E-state index >= 15 is 0 Å². The Morgan fingerprint density at radius 3 is 2.55 bits per heavy atom. The van der Waals surface area contributed by atoms with Crippen LogP contribution in [0.1, 0.15) is 49.7 Å². The van der Waals surface area contributed by atoms with Crippen molar-refractivity contribution in [1.82, 2.24) is 10.2 Å². The van der Waals surface area contributed by atoms with Crippen LogP contribution in [0.3, 0.4) is 0 Å². The molecular formula is C27H36N2O4. The quantitative estimate of drug-likeness (QED) is 0.612. The molecule has 0 radical (unpaired) electrons. The van der Waals surface area contributed by atoms with Crippen molar-refractivity contribution >= 4 is 6.09 Å². The number of ether oxygens (including phenoxy) is 3. The zero-order valence-electron chi connectivity index (χ0n) is 20.0. The minimum absolute atomic E-state index is 0.150. The largest absolute Gasteiger partial charge is 0.493 e. The molecule has 1 saturated carbocycles. The molecule has 4 rings (SSSR count). The second-order valence-electron chi connectivity index (χ2n) is 9.58. The lowest BCUT2D eigenvalue weighted by atomic mass is 9.76. The first-order chi connectivity index (χ1) is 16.0. The number of amides is 1. The fourth-order valence-electron chi connectivity index (χ4n) is 5.28. The van der Waals surface area contributed by atoms with Gasteiger partial charge in [-0.15, -0.1) is 0 Å². The van der Waals surface area contributed by atoms with E-state index in [-0.39, 0.29) is 23.5 Å². The van der Waals surface area contributed by atoms with Gasteiger partial charge < -0.3 is 24.4 Å². The van der Waals surface area contributed by atoms with Gasteiger partial charge in [-0.25, -0.2) is 4.79 Å². The van der Waals surface area contributed by atoms with Gasteiger partial charge in [-0.3, -0.25) is 0 Å². The fraction of sp³-hybridized carbons (Fsp3) is 0.519. The van der Waals surface area contributed by atoms with Gasteiger partial charge >= 0.3 is 6.09 Å². The second kappa shape index (κ2) is 10.5. The second-order valence-corrected chi connectivity index (χ2v) is 9.58. The summed E-state index contributed by atoms with van der Waals surface area (Å²) in [7, 11) is 3.13. The molecular weight excluding hydrogens is 416 g/mol. The van der Waals surface area contributed by atoms with Gasteiger partial charge in [0.25, 0.3) is 0 Å². The Bertz CT molecular complexity index is 929. The summed E-state index contributed by atoms with van der Waals surface area (Å²) in [5, 5.41) is 3.62. The third-order valence-corrected chi connectivity index (χ3v) is 7.12. The van der Waals surface area contributed by atoms with Gasteiger partial charge in [0, 0.05) is 37.5 Å². The Morgan fingerprint density at radius 2 is 1.85 bits per heavy atom. The Kier molecular flexibility index (Phi) is 7.43. The van der Waals surface area contributed by atoms with Crippen LogP contribution in [0.5, 0.6) is 11.5 Å². The standard InChI is InChI=1S/C27H36N2O4/c1-27(18-28-16-20-9-5-4-6-10-20)19-29(26(30)32-3)17-23(27)21-13-14-24(31-2)25(15-21)33-22-11-7-8-12-22/h4-6,9-10,13-15,22-23,28H,7-8,11-12,16-19H2,1-3H3. The molecule has 0 aromatic heterocycles. The summed E-state index contributed by atoms with van der Waals surface area (Å²) >= 11 is 0. The third-order valence-electron chi connectivity index (χ3n) is 7.12. The monoisotopic (exact) mass is 452 g/mol. The van der Waals surface area contributed by atoms with Crippen LogP contribution in [0.2, 0.25) is 0 Å². The third kappa shape index (κ3) is 5.44. The smallest absolute Gasteiger partial charge is 0.409 e. The summed E-state index contributed by atoms with van der Waals surface area (Å²) < 4.78 is 17.0. The molecule has 2 aliphatic rings. The number of likely N-dealkylation sites (tertiary alicyclic amines) is 1. The predicted molar refractivity (Wildman–Crippen MR) is 129 cm³/mol. The lowest BCUT2D eigenvalue weighted by Crippen LogP contribution is -2.38. The highest BCUT2D eigenvalue weighted by atomic mass is 16.5. The maximum Gasteiger partial charge on any atom is 0.409 e. The number of nitrogens with one attached hydrogen (secondary N) is 1. The number of rotatable bonds is 8. The molecule has 2 unspecified atom stereocenters. The summed E-state index contributed by atoms with van der Waals surface area (Å²) in [6.45, 7) is 5.08. The van der Waals surface area contributed by atoms with E-state index in [1.54, 1.807) is 7.11 Å². The van der Waals surface area contributed by atoms with Crippen molar-refractivity contribution < 1.29 is 19.0 Å². The molecule has 33 heavy (non-hydrogen) atoms. The minimum atomic E-state index is -0.275. The highest BCUT2D eigenvalue weighted by molar-refractivity contribution is 5.68. The number of hydrogen-bond acceptors (Lipinski definition) is 5. The Balaban J connectivity index is 1.55. The van der Waals surface area contributed by atoms with Crippen molar-refractivity contribution in [1.29, 1.82) is 0 Å². The van der Waals surface area contributed by atoms with Crippen LogP contribution in [0.25, 0.3) is 0 Å². The number of hydrogen-bond donors (Lipinski definition) is 1. The molecule has 2 aromatic carbocycles. The number of methoxy groups -OCH3 is 2. The summed E-state index contributed by atoms with van der Waals surface area (Å²) in [5.41, 5.74) is 2.26. The van der Waals surface area contributed by atoms with Gasteiger partial charge in [0.1, 0.15) is 0 Å². The molecule has 1 aliphatic heterocycles. The van der Waals surface area contributed by atoms with Crippen molar-refractivity contribution in [3.8, 4) is 11.5 Å². The van der Waals surface area contributed by atoms with Crippen LogP contribution in [0.4, 0.5) is 4.79 Å². The molecule has 2 aromatic rings. The van der Waals surface area contributed by atoms with Crippen LogP contribution in [0.15, 0.2) is 48.5 Å². The molecule has 0 bridgehead atoms. The molecule has 1 saturated heterocycles. The average molecular weight is 453 g/mol. The average Bonchev–Trinajstić information content (AvgIpc) is 3.47. The van der Waals surface area contributed by atoms with E-state index in [1.165, 1.54) is 31.1 Å². The molecule has 1 heterocycles. The Hall–Kier alpha value is -2.73.